The van der Waals surface area contributed by atoms with E-state index in [4.69, 9.17) is 0 Å². The summed E-state index contributed by atoms with van der Waals surface area (Å²) in [5.41, 5.74) is 1.16. The maximum atomic E-state index is 11.7. The van der Waals surface area contributed by atoms with E-state index < -0.39 is 0 Å². The van der Waals surface area contributed by atoms with Gasteiger partial charge < -0.3 is 5.32 Å². The Morgan fingerprint density at radius 3 is 2.89 bits per heavy atom. The molecular formula is C13H16Br2N2O. The number of carbonyl (C=O) groups is 1. The molecule has 2 N–H and O–H groups in total. The van der Waals surface area contributed by atoms with E-state index in [0.29, 0.717) is 0 Å². The van der Waals surface area contributed by atoms with Gasteiger partial charge in [0.05, 0.1) is 6.04 Å². The highest BCUT2D eigenvalue weighted by Gasteiger charge is 2.24. The number of amides is 1. The molecule has 0 bridgehead atoms. The van der Waals surface area contributed by atoms with Gasteiger partial charge >= 0.3 is 0 Å². The summed E-state index contributed by atoms with van der Waals surface area (Å²) in [6.07, 6.45) is 1.95. The predicted molar refractivity (Wildman–Crippen MR) is 79.4 cm³/mol. The second-order valence-corrected chi connectivity index (χ2v) is 6.31. The van der Waals surface area contributed by atoms with Gasteiger partial charge in [-0.25, -0.2) is 0 Å². The van der Waals surface area contributed by atoms with Crippen molar-refractivity contribution in [3.05, 3.63) is 32.7 Å². The second-order valence-electron chi connectivity index (χ2n) is 4.54. The van der Waals surface area contributed by atoms with Crippen molar-refractivity contribution in [2.75, 3.05) is 6.54 Å². The van der Waals surface area contributed by atoms with E-state index in [9.17, 15) is 4.79 Å². The summed E-state index contributed by atoms with van der Waals surface area (Å²) < 4.78 is 2.09. The molecule has 0 saturated carbocycles. The fourth-order valence-electron chi connectivity index (χ4n) is 2.18. The summed E-state index contributed by atoms with van der Waals surface area (Å²) in [7, 11) is 0. The maximum absolute atomic E-state index is 11.7. The summed E-state index contributed by atoms with van der Waals surface area (Å²) in [5.74, 6) is 0.112. The number of carbonyl (C=O) groups excluding carboxylic acids is 1. The van der Waals surface area contributed by atoms with E-state index in [1.807, 2.05) is 12.1 Å². The monoisotopic (exact) mass is 374 g/mol. The first kappa shape index (κ1) is 14.0. The van der Waals surface area contributed by atoms with Gasteiger partial charge in [-0.1, -0.05) is 37.9 Å². The van der Waals surface area contributed by atoms with E-state index in [1.165, 1.54) is 0 Å². The molecule has 1 aromatic rings. The molecular weight excluding hydrogens is 360 g/mol. The smallest absolute Gasteiger partial charge is 0.237 e. The molecule has 1 heterocycles. The van der Waals surface area contributed by atoms with E-state index in [1.54, 1.807) is 0 Å². The van der Waals surface area contributed by atoms with Gasteiger partial charge in [-0.3, -0.25) is 10.1 Å². The molecule has 0 radical (unpaired) electrons. The van der Waals surface area contributed by atoms with Crippen LogP contribution in [0.1, 0.15) is 31.4 Å². The fraction of sp³-hybridized carbons (Fsp3) is 0.462. The first-order chi connectivity index (χ1) is 8.58. The molecule has 1 aliphatic heterocycles. The number of rotatable bonds is 3. The minimum Gasteiger partial charge on any atom is -0.355 e. The highest BCUT2D eigenvalue weighted by molar-refractivity contribution is 9.11. The minimum absolute atomic E-state index is 0.0794. The normalized spacial score (nSPS) is 21.5. The number of piperidine rings is 1. The van der Waals surface area contributed by atoms with Crippen molar-refractivity contribution in [2.45, 2.75) is 31.8 Å². The Labute approximate surface area is 124 Å². The van der Waals surface area contributed by atoms with Crippen LogP contribution >= 0.6 is 31.9 Å². The first-order valence-corrected chi connectivity index (χ1v) is 7.65. The number of halogens is 2. The zero-order chi connectivity index (χ0) is 13.1. The van der Waals surface area contributed by atoms with Crippen LogP contribution in [0.15, 0.2) is 27.1 Å². The molecule has 3 nitrogen and oxygen atoms in total. The largest absolute Gasteiger partial charge is 0.355 e. The molecule has 1 saturated heterocycles. The van der Waals surface area contributed by atoms with Crippen LogP contribution in [0.25, 0.3) is 0 Å². The van der Waals surface area contributed by atoms with Crippen LogP contribution in [0.4, 0.5) is 0 Å². The van der Waals surface area contributed by atoms with Crippen molar-refractivity contribution in [1.82, 2.24) is 10.6 Å². The number of hydrogen-bond acceptors (Lipinski definition) is 2. The van der Waals surface area contributed by atoms with Crippen LogP contribution < -0.4 is 10.6 Å². The average Bonchev–Trinajstić information content (AvgIpc) is 2.32. The summed E-state index contributed by atoms with van der Waals surface area (Å²) in [6, 6.07) is 6.16. The van der Waals surface area contributed by atoms with Crippen LogP contribution in [0.3, 0.4) is 0 Å². The Balaban J connectivity index is 2.06. The number of benzene rings is 1. The zero-order valence-electron chi connectivity index (χ0n) is 10.2. The van der Waals surface area contributed by atoms with Crippen molar-refractivity contribution >= 4 is 37.8 Å². The van der Waals surface area contributed by atoms with E-state index in [0.717, 1.165) is 33.9 Å². The van der Waals surface area contributed by atoms with Crippen LogP contribution in [0, 0.1) is 0 Å². The maximum Gasteiger partial charge on any atom is 0.237 e. The minimum atomic E-state index is -0.0794. The van der Waals surface area contributed by atoms with Crippen molar-refractivity contribution in [2.24, 2.45) is 0 Å². The molecule has 1 fully saturated rings. The highest BCUT2D eigenvalue weighted by atomic mass is 79.9. The van der Waals surface area contributed by atoms with Gasteiger partial charge in [0.2, 0.25) is 5.91 Å². The Morgan fingerprint density at radius 2 is 2.22 bits per heavy atom. The van der Waals surface area contributed by atoms with Crippen molar-refractivity contribution < 1.29 is 4.79 Å². The number of hydrogen-bond donors (Lipinski definition) is 2. The number of nitrogens with one attached hydrogen (secondary N) is 2. The first-order valence-electron chi connectivity index (χ1n) is 6.06. The van der Waals surface area contributed by atoms with Crippen molar-refractivity contribution in [3.63, 3.8) is 0 Å². The van der Waals surface area contributed by atoms with Gasteiger partial charge in [0.1, 0.15) is 0 Å². The summed E-state index contributed by atoms with van der Waals surface area (Å²) in [4.78, 5) is 11.7. The fourth-order valence-corrected chi connectivity index (χ4v) is 3.57. The molecule has 98 valence electrons. The molecule has 0 spiro atoms. The van der Waals surface area contributed by atoms with Crippen LogP contribution in [0.5, 0.6) is 0 Å². The molecule has 1 aromatic carbocycles. The summed E-state index contributed by atoms with van der Waals surface area (Å²) >= 11 is 7.00. The third-order valence-corrected chi connectivity index (χ3v) is 4.35. The van der Waals surface area contributed by atoms with Gasteiger partial charge in [-0.15, -0.1) is 0 Å². The molecule has 2 unspecified atom stereocenters. The average molecular weight is 376 g/mol. The Bertz CT molecular complexity index is 451. The van der Waals surface area contributed by atoms with Crippen LogP contribution in [-0.2, 0) is 4.79 Å². The van der Waals surface area contributed by atoms with Crippen LogP contribution in [-0.4, -0.2) is 18.5 Å². The van der Waals surface area contributed by atoms with E-state index in [2.05, 4.69) is 55.5 Å². The Morgan fingerprint density at radius 1 is 1.44 bits per heavy atom. The summed E-state index contributed by atoms with van der Waals surface area (Å²) in [6.45, 7) is 2.88. The molecule has 1 aliphatic rings. The quantitative estimate of drug-likeness (QED) is 0.851. The lowest BCUT2D eigenvalue weighted by atomic mass is 10.0. The summed E-state index contributed by atoms with van der Waals surface area (Å²) in [5, 5.41) is 6.28. The van der Waals surface area contributed by atoms with Crippen molar-refractivity contribution in [3.8, 4) is 0 Å². The highest BCUT2D eigenvalue weighted by Crippen LogP contribution is 2.27. The topological polar surface area (TPSA) is 41.1 Å². The Kier molecular flexibility index (Phi) is 4.81. The van der Waals surface area contributed by atoms with Gasteiger partial charge in [0.25, 0.3) is 0 Å². The third-order valence-electron chi connectivity index (χ3n) is 3.17. The lowest BCUT2D eigenvalue weighted by Crippen LogP contribution is -2.48. The molecule has 18 heavy (non-hydrogen) atoms. The van der Waals surface area contributed by atoms with Gasteiger partial charge in [-0.2, -0.15) is 0 Å². The van der Waals surface area contributed by atoms with Gasteiger partial charge in [0, 0.05) is 21.5 Å². The second kappa shape index (κ2) is 6.17. The molecule has 5 heteroatoms. The lowest BCUT2D eigenvalue weighted by Gasteiger charge is -2.27. The van der Waals surface area contributed by atoms with Crippen LogP contribution in [0.2, 0.25) is 0 Å². The molecule has 0 aromatic heterocycles. The molecule has 0 aliphatic carbocycles. The standard InChI is InChI=1S/C13H16Br2N2O/c1-8(10-5-4-9(14)7-11(10)15)17-12-3-2-6-16-13(12)18/h4-5,7-8,12,17H,2-3,6H2,1H3,(H,16,18). The lowest BCUT2D eigenvalue weighted by molar-refractivity contribution is -0.124. The van der Waals surface area contributed by atoms with Crippen molar-refractivity contribution in [1.29, 1.82) is 0 Å². The SMILES string of the molecule is CC(NC1CCCNC1=O)c1ccc(Br)cc1Br. The third kappa shape index (κ3) is 3.33. The molecule has 1 amide bonds. The zero-order valence-corrected chi connectivity index (χ0v) is 13.3. The van der Waals surface area contributed by atoms with Gasteiger partial charge in [-0.05, 0) is 37.5 Å². The van der Waals surface area contributed by atoms with E-state index in [-0.39, 0.29) is 18.0 Å². The predicted octanol–water partition coefficient (Wildman–Crippen LogP) is 3.14. The molecule has 2 rings (SSSR count). The van der Waals surface area contributed by atoms with Gasteiger partial charge in [0.15, 0.2) is 0 Å². The Hall–Kier alpha value is -0.390. The van der Waals surface area contributed by atoms with E-state index >= 15 is 0 Å². The molecule has 2 atom stereocenters.